The van der Waals surface area contributed by atoms with E-state index in [0.717, 1.165) is 0 Å². The molecule has 0 N–H and O–H groups in total. The van der Waals surface area contributed by atoms with Gasteiger partial charge in [-0.25, -0.2) is 0 Å². The fourth-order valence-electron chi connectivity index (χ4n) is 2.59. The minimum atomic E-state index is 0.205. The minimum absolute atomic E-state index is 0.205. The SMILES string of the molecule is CCOc1cncc(C(=O)CC2CCCCC2)c1. The van der Waals surface area contributed by atoms with Gasteiger partial charge in [0.05, 0.1) is 12.8 Å². The first-order chi connectivity index (χ1) is 8.79. The molecule has 0 aliphatic heterocycles. The number of rotatable bonds is 5. The molecule has 3 nitrogen and oxygen atoms in total. The van der Waals surface area contributed by atoms with Crippen LogP contribution in [0.3, 0.4) is 0 Å². The molecule has 0 atom stereocenters. The van der Waals surface area contributed by atoms with Gasteiger partial charge in [0.1, 0.15) is 5.75 Å². The average Bonchev–Trinajstić information content (AvgIpc) is 2.40. The molecule has 18 heavy (non-hydrogen) atoms. The van der Waals surface area contributed by atoms with Gasteiger partial charge in [-0.15, -0.1) is 0 Å². The molecule has 1 aliphatic rings. The molecule has 0 bridgehead atoms. The number of nitrogens with zero attached hydrogens (tertiary/aromatic N) is 1. The molecule has 3 heteroatoms. The highest BCUT2D eigenvalue weighted by Crippen LogP contribution is 2.27. The van der Waals surface area contributed by atoms with Crippen molar-refractivity contribution in [3.05, 3.63) is 24.0 Å². The number of pyridine rings is 1. The third kappa shape index (κ3) is 3.56. The molecule has 1 saturated carbocycles. The fraction of sp³-hybridized carbons (Fsp3) is 0.600. The van der Waals surface area contributed by atoms with E-state index in [1.165, 1.54) is 32.1 Å². The summed E-state index contributed by atoms with van der Waals surface area (Å²) in [7, 11) is 0. The summed E-state index contributed by atoms with van der Waals surface area (Å²) in [6.45, 7) is 2.53. The monoisotopic (exact) mass is 247 g/mol. The molecule has 0 amide bonds. The topological polar surface area (TPSA) is 39.2 Å². The molecule has 1 fully saturated rings. The van der Waals surface area contributed by atoms with Crippen LogP contribution in [0.4, 0.5) is 0 Å². The Kier molecular flexibility index (Phi) is 4.73. The Balaban J connectivity index is 1.96. The first-order valence-corrected chi connectivity index (χ1v) is 6.90. The van der Waals surface area contributed by atoms with Gasteiger partial charge in [-0.3, -0.25) is 9.78 Å². The first-order valence-electron chi connectivity index (χ1n) is 6.90. The van der Waals surface area contributed by atoms with Gasteiger partial charge in [-0.2, -0.15) is 0 Å². The van der Waals surface area contributed by atoms with Crippen LogP contribution in [0.15, 0.2) is 18.5 Å². The summed E-state index contributed by atoms with van der Waals surface area (Å²) in [4.78, 5) is 16.2. The lowest BCUT2D eigenvalue weighted by Gasteiger charge is -2.20. The van der Waals surface area contributed by atoms with E-state index in [1.807, 2.05) is 13.0 Å². The van der Waals surface area contributed by atoms with Crippen LogP contribution >= 0.6 is 0 Å². The molecule has 0 radical (unpaired) electrons. The predicted molar refractivity (Wildman–Crippen MR) is 70.9 cm³/mol. The highest BCUT2D eigenvalue weighted by Gasteiger charge is 2.18. The summed E-state index contributed by atoms with van der Waals surface area (Å²) < 4.78 is 5.37. The zero-order valence-electron chi connectivity index (χ0n) is 11.0. The largest absolute Gasteiger partial charge is 0.492 e. The number of Topliss-reactive ketones (excluding diaryl/α,β-unsaturated/α-hetero) is 1. The summed E-state index contributed by atoms with van der Waals surface area (Å²) in [6.07, 6.45) is 10.2. The van der Waals surface area contributed by atoms with E-state index in [0.29, 0.717) is 30.3 Å². The van der Waals surface area contributed by atoms with Crippen LogP contribution in [0.5, 0.6) is 5.75 Å². The van der Waals surface area contributed by atoms with Crippen molar-refractivity contribution in [1.82, 2.24) is 4.98 Å². The number of hydrogen-bond donors (Lipinski definition) is 0. The zero-order valence-corrected chi connectivity index (χ0v) is 11.0. The minimum Gasteiger partial charge on any atom is -0.492 e. The van der Waals surface area contributed by atoms with Gasteiger partial charge < -0.3 is 4.74 Å². The molecule has 1 aromatic rings. The molecule has 0 unspecified atom stereocenters. The lowest BCUT2D eigenvalue weighted by molar-refractivity contribution is 0.0949. The first kappa shape index (κ1) is 13.1. The molecule has 1 aliphatic carbocycles. The quantitative estimate of drug-likeness (QED) is 0.746. The van der Waals surface area contributed by atoms with Gasteiger partial charge in [-0.05, 0) is 18.9 Å². The van der Waals surface area contributed by atoms with Gasteiger partial charge in [-0.1, -0.05) is 32.1 Å². The Hall–Kier alpha value is -1.38. The second-order valence-electron chi connectivity index (χ2n) is 4.97. The van der Waals surface area contributed by atoms with E-state index in [2.05, 4.69) is 4.98 Å². The number of ketones is 1. The second kappa shape index (κ2) is 6.53. The third-order valence-corrected chi connectivity index (χ3v) is 3.54. The van der Waals surface area contributed by atoms with Crippen molar-refractivity contribution < 1.29 is 9.53 Å². The van der Waals surface area contributed by atoms with Gasteiger partial charge >= 0.3 is 0 Å². The van der Waals surface area contributed by atoms with Crippen LogP contribution < -0.4 is 4.74 Å². The third-order valence-electron chi connectivity index (χ3n) is 3.54. The smallest absolute Gasteiger partial charge is 0.164 e. The number of carbonyl (C=O) groups is 1. The Labute approximate surface area is 109 Å². The van der Waals surface area contributed by atoms with Crippen molar-refractivity contribution in [1.29, 1.82) is 0 Å². The summed E-state index contributed by atoms with van der Waals surface area (Å²) in [5.41, 5.74) is 0.687. The number of hydrogen-bond acceptors (Lipinski definition) is 3. The normalized spacial score (nSPS) is 16.5. The standard InChI is InChI=1S/C15H21NO2/c1-2-18-14-9-13(10-16-11-14)15(17)8-12-6-4-3-5-7-12/h9-12H,2-8H2,1H3. The molecular weight excluding hydrogens is 226 g/mol. The zero-order chi connectivity index (χ0) is 12.8. The average molecular weight is 247 g/mol. The van der Waals surface area contributed by atoms with E-state index in [-0.39, 0.29) is 5.78 Å². The second-order valence-corrected chi connectivity index (χ2v) is 4.97. The van der Waals surface area contributed by atoms with Crippen molar-refractivity contribution in [2.24, 2.45) is 5.92 Å². The molecule has 0 aromatic carbocycles. The van der Waals surface area contributed by atoms with Crippen molar-refractivity contribution >= 4 is 5.78 Å². The lowest BCUT2D eigenvalue weighted by atomic mass is 9.85. The number of ether oxygens (including phenoxy) is 1. The maximum atomic E-state index is 12.2. The highest BCUT2D eigenvalue weighted by atomic mass is 16.5. The number of carbonyl (C=O) groups excluding carboxylic acids is 1. The summed E-state index contributed by atoms with van der Waals surface area (Å²) >= 11 is 0. The van der Waals surface area contributed by atoms with E-state index < -0.39 is 0 Å². The number of aromatic nitrogens is 1. The van der Waals surface area contributed by atoms with Crippen LogP contribution in [-0.4, -0.2) is 17.4 Å². The van der Waals surface area contributed by atoms with Crippen molar-refractivity contribution in [3.63, 3.8) is 0 Å². The van der Waals surface area contributed by atoms with E-state index in [4.69, 9.17) is 4.74 Å². The lowest BCUT2D eigenvalue weighted by Crippen LogP contribution is -2.12. The maximum Gasteiger partial charge on any atom is 0.164 e. The van der Waals surface area contributed by atoms with Crippen LogP contribution in [-0.2, 0) is 0 Å². The maximum absolute atomic E-state index is 12.2. The Morgan fingerprint density at radius 3 is 2.83 bits per heavy atom. The van der Waals surface area contributed by atoms with Crippen molar-refractivity contribution in [3.8, 4) is 5.75 Å². The molecule has 2 rings (SSSR count). The van der Waals surface area contributed by atoms with E-state index in [1.54, 1.807) is 12.4 Å². The molecular formula is C15H21NO2. The summed E-state index contributed by atoms with van der Waals surface area (Å²) in [5, 5.41) is 0. The highest BCUT2D eigenvalue weighted by molar-refractivity contribution is 5.96. The van der Waals surface area contributed by atoms with E-state index in [9.17, 15) is 4.79 Å². The molecule has 0 spiro atoms. The fourth-order valence-corrected chi connectivity index (χ4v) is 2.59. The van der Waals surface area contributed by atoms with E-state index >= 15 is 0 Å². The molecule has 1 heterocycles. The Morgan fingerprint density at radius 1 is 1.33 bits per heavy atom. The van der Waals surface area contributed by atoms with Gasteiger partial charge in [0.2, 0.25) is 0 Å². The van der Waals surface area contributed by atoms with Gasteiger partial charge in [0, 0.05) is 18.2 Å². The molecule has 0 saturated heterocycles. The van der Waals surface area contributed by atoms with Crippen LogP contribution in [0.2, 0.25) is 0 Å². The van der Waals surface area contributed by atoms with Crippen LogP contribution in [0.25, 0.3) is 0 Å². The summed E-state index contributed by atoms with van der Waals surface area (Å²) in [5.74, 6) is 1.46. The van der Waals surface area contributed by atoms with Gasteiger partial charge in [0.25, 0.3) is 0 Å². The van der Waals surface area contributed by atoms with Crippen molar-refractivity contribution in [2.45, 2.75) is 45.4 Å². The Bertz CT molecular complexity index is 397. The summed E-state index contributed by atoms with van der Waals surface area (Å²) in [6, 6.07) is 1.81. The Morgan fingerprint density at radius 2 is 2.11 bits per heavy atom. The van der Waals surface area contributed by atoms with Gasteiger partial charge in [0.15, 0.2) is 5.78 Å². The van der Waals surface area contributed by atoms with Crippen LogP contribution in [0, 0.1) is 5.92 Å². The molecule has 1 aromatic heterocycles. The predicted octanol–water partition coefficient (Wildman–Crippen LogP) is 3.63. The van der Waals surface area contributed by atoms with Crippen molar-refractivity contribution in [2.75, 3.05) is 6.61 Å². The van der Waals surface area contributed by atoms with Crippen LogP contribution in [0.1, 0.15) is 55.8 Å². The molecule has 98 valence electrons.